The van der Waals surface area contributed by atoms with Gasteiger partial charge in [0.1, 0.15) is 0 Å². The number of para-hydroxylation sites is 1. The third kappa shape index (κ3) is 1.49. The first-order chi connectivity index (χ1) is 7.86. The van der Waals surface area contributed by atoms with Gasteiger partial charge in [-0.25, -0.2) is 0 Å². The molecule has 1 aromatic rings. The van der Waals surface area contributed by atoms with E-state index < -0.39 is 11.4 Å². The second kappa shape index (κ2) is 3.85. The fourth-order valence-electron chi connectivity index (χ4n) is 1.90. The second-order valence-electron chi connectivity index (χ2n) is 3.73. The van der Waals surface area contributed by atoms with Gasteiger partial charge in [0.05, 0.1) is 23.2 Å². The van der Waals surface area contributed by atoms with Crippen LogP contribution in [0.25, 0.3) is 0 Å². The summed E-state index contributed by atoms with van der Waals surface area (Å²) in [5, 5.41) is 0.0187. The van der Waals surface area contributed by atoms with Gasteiger partial charge in [-0.1, -0.05) is 36.4 Å². The van der Waals surface area contributed by atoms with Crippen LogP contribution in [0.2, 0.25) is 0 Å². The summed E-state index contributed by atoms with van der Waals surface area (Å²) < 4.78 is 14.1. The molecule has 0 saturated carbocycles. The lowest BCUT2D eigenvalue weighted by atomic mass is 10.1. The minimum atomic E-state index is -1.03. The van der Waals surface area contributed by atoms with Crippen LogP contribution in [0.1, 0.15) is 0 Å². The number of benzene rings is 1. The second-order valence-corrected chi connectivity index (χ2v) is 5.18. The molecule has 2 atom stereocenters. The van der Waals surface area contributed by atoms with Crippen LogP contribution in [0.5, 0.6) is 0 Å². The van der Waals surface area contributed by atoms with E-state index >= 15 is 0 Å². The molecule has 2 unspecified atom stereocenters. The molecule has 1 aliphatic carbocycles. The van der Waals surface area contributed by atoms with Gasteiger partial charge in [-0.2, -0.15) is 4.31 Å². The Hall–Kier alpha value is -1.45. The van der Waals surface area contributed by atoms with E-state index in [1.165, 1.54) is 0 Å². The predicted octanol–water partition coefficient (Wildman–Crippen LogP) is 2.55. The number of rotatable bonds is 1. The molecule has 1 aromatic carbocycles. The third-order valence-electron chi connectivity index (χ3n) is 2.70. The molecule has 0 aromatic heterocycles. The largest absolute Gasteiger partial charge is 0.592 e. The van der Waals surface area contributed by atoms with Crippen LogP contribution in [0.4, 0.5) is 5.69 Å². The molecule has 3 rings (SSSR count). The van der Waals surface area contributed by atoms with Crippen LogP contribution in [-0.2, 0) is 11.4 Å². The Bertz CT molecular complexity index is 478. The van der Waals surface area contributed by atoms with Crippen LogP contribution < -0.4 is 4.31 Å². The fourth-order valence-corrected chi connectivity index (χ4v) is 3.30. The summed E-state index contributed by atoms with van der Waals surface area (Å²) >= 11 is -1.03. The zero-order valence-corrected chi connectivity index (χ0v) is 9.43. The van der Waals surface area contributed by atoms with Gasteiger partial charge in [0.15, 0.2) is 5.25 Å². The predicted molar refractivity (Wildman–Crippen MR) is 67.2 cm³/mol. The quantitative estimate of drug-likeness (QED) is 0.692. The number of anilines is 1. The van der Waals surface area contributed by atoms with E-state index in [1.54, 1.807) is 0 Å². The van der Waals surface area contributed by atoms with Crippen molar-refractivity contribution >= 4 is 17.0 Å². The molecule has 1 heterocycles. The van der Waals surface area contributed by atoms with E-state index in [2.05, 4.69) is 0 Å². The lowest BCUT2D eigenvalue weighted by Crippen LogP contribution is -2.28. The van der Waals surface area contributed by atoms with Crippen LogP contribution in [0.15, 0.2) is 66.4 Å². The lowest BCUT2D eigenvalue weighted by molar-refractivity contribution is 0.595. The van der Waals surface area contributed by atoms with Crippen molar-refractivity contribution in [1.29, 1.82) is 0 Å². The number of hydrogen-bond donors (Lipinski definition) is 0. The van der Waals surface area contributed by atoms with Gasteiger partial charge >= 0.3 is 0 Å². The molecule has 0 fully saturated rings. The summed E-state index contributed by atoms with van der Waals surface area (Å²) in [6, 6.07) is 9.82. The van der Waals surface area contributed by atoms with E-state index in [0.29, 0.717) is 0 Å². The van der Waals surface area contributed by atoms with Gasteiger partial charge in [0, 0.05) is 5.57 Å². The Morgan fingerprint density at radius 3 is 2.69 bits per heavy atom. The van der Waals surface area contributed by atoms with Crippen molar-refractivity contribution in [2.75, 3.05) is 4.31 Å². The standard InChI is InChI=1S/C13H11NOS/c15-16-13-9-5-4-6-11(13)10-14(16)12-7-2-1-3-8-12/h1-10,13H. The van der Waals surface area contributed by atoms with Gasteiger partial charge < -0.3 is 4.55 Å². The zero-order valence-electron chi connectivity index (χ0n) is 8.61. The first-order valence-electron chi connectivity index (χ1n) is 5.18. The van der Waals surface area contributed by atoms with Crippen LogP contribution in [0.3, 0.4) is 0 Å². The van der Waals surface area contributed by atoms with Crippen molar-refractivity contribution in [2.45, 2.75) is 5.25 Å². The molecule has 0 spiro atoms. The van der Waals surface area contributed by atoms with Gasteiger partial charge in [0.2, 0.25) is 0 Å². The molecule has 2 aliphatic rings. The van der Waals surface area contributed by atoms with Gasteiger partial charge in [0.25, 0.3) is 0 Å². The summed E-state index contributed by atoms with van der Waals surface area (Å²) in [6.45, 7) is 0. The monoisotopic (exact) mass is 229 g/mol. The minimum Gasteiger partial charge on any atom is -0.592 e. The topological polar surface area (TPSA) is 26.3 Å². The van der Waals surface area contributed by atoms with Crippen molar-refractivity contribution < 1.29 is 4.55 Å². The third-order valence-corrected chi connectivity index (χ3v) is 4.27. The summed E-state index contributed by atoms with van der Waals surface area (Å²) in [4.78, 5) is 0. The zero-order chi connectivity index (χ0) is 11.0. The van der Waals surface area contributed by atoms with E-state index in [-0.39, 0.29) is 5.25 Å². The number of fused-ring (bicyclic) bond motifs is 1. The normalized spacial score (nSPS) is 26.8. The first kappa shape index (κ1) is 9.75. The molecular formula is C13H11NOS. The van der Waals surface area contributed by atoms with E-state index in [1.807, 2.05) is 65.1 Å². The minimum absolute atomic E-state index is 0.0187. The number of hydrogen-bond acceptors (Lipinski definition) is 2. The molecule has 2 nitrogen and oxygen atoms in total. The molecular weight excluding hydrogens is 218 g/mol. The van der Waals surface area contributed by atoms with Crippen molar-refractivity contribution in [3.8, 4) is 0 Å². The molecule has 0 N–H and O–H groups in total. The Labute approximate surface area is 97.9 Å². The molecule has 0 radical (unpaired) electrons. The molecule has 0 bridgehead atoms. The van der Waals surface area contributed by atoms with Crippen LogP contribution in [0, 0.1) is 0 Å². The maximum atomic E-state index is 12.2. The lowest BCUT2D eigenvalue weighted by Gasteiger charge is -2.20. The Morgan fingerprint density at radius 2 is 1.94 bits per heavy atom. The van der Waals surface area contributed by atoms with Crippen LogP contribution in [-0.4, -0.2) is 9.80 Å². The van der Waals surface area contributed by atoms with Crippen molar-refractivity contribution in [1.82, 2.24) is 0 Å². The fraction of sp³-hybridized carbons (Fsp3) is 0.0769. The Balaban J connectivity index is 1.97. The van der Waals surface area contributed by atoms with Gasteiger partial charge in [-0.15, -0.1) is 0 Å². The summed E-state index contributed by atoms with van der Waals surface area (Å²) in [5.74, 6) is 0. The van der Waals surface area contributed by atoms with Gasteiger partial charge in [-0.05, 0) is 18.2 Å². The molecule has 80 valence electrons. The highest BCUT2D eigenvalue weighted by Gasteiger charge is 2.37. The molecule has 0 amide bonds. The summed E-state index contributed by atoms with van der Waals surface area (Å²) in [5.41, 5.74) is 2.09. The van der Waals surface area contributed by atoms with Gasteiger partial charge in [-0.3, -0.25) is 0 Å². The highest BCUT2D eigenvalue weighted by atomic mass is 32.2. The Kier molecular flexibility index (Phi) is 2.35. The Morgan fingerprint density at radius 1 is 1.12 bits per heavy atom. The van der Waals surface area contributed by atoms with E-state index in [4.69, 9.17) is 0 Å². The highest BCUT2D eigenvalue weighted by molar-refractivity contribution is 7.94. The molecule has 3 heteroatoms. The number of allylic oxidation sites excluding steroid dienone is 3. The SMILES string of the molecule is [O-][S+]1C2C=CC=CC2=CN1c1ccccc1. The number of nitrogens with zero attached hydrogens (tertiary/aromatic N) is 1. The van der Waals surface area contributed by atoms with E-state index in [0.717, 1.165) is 11.3 Å². The molecule has 1 aliphatic heterocycles. The smallest absolute Gasteiger partial charge is 0.186 e. The van der Waals surface area contributed by atoms with E-state index in [9.17, 15) is 4.55 Å². The summed E-state index contributed by atoms with van der Waals surface area (Å²) in [7, 11) is 0. The van der Waals surface area contributed by atoms with Crippen molar-refractivity contribution in [2.24, 2.45) is 0 Å². The summed E-state index contributed by atoms with van der Waals surface area (Å²) in [6.07, 6.45) is 9.91. The van der Waals surface area contributed by atoms with Crippen molar-refractivity contribution in [3.63, 3.8) is 0 Å². The average Bonchev–Trinajstić information content (AvgIpc) is 2.69. The van der Waals surface area contributed by atoms with Crippen LogP contribution >= 0.6 is 0 Å². The molecule has 0 saturated heterocycles. The highest BCUT2D eigenvalue weighted by Crippen LogP contribution is 2.33. The maximum Gasteiger partial charge on any atom is 0.186 e. The van der Waals surface area contributed by atoms with Crippen molar-refractivity contribution in [3.05, 3.63) is 66.4 Å². The molecule has 16 heavy (non-hydrogen) atoms. The average molecular weight is 229 g/mol. The maximum absolute atomic E-state index is 12.2. The first-order valence-corrected chi connectivity index (χ1v) is 6.35.